The summed E-state index contributed by atoms with van der Waals surface area (Å²) >= 11 is 3.05. The van der Waals surface area contributed by atoms with Crippen LogP contribution in [0.5, 0.6) is 11.5 Å². The zero-order valence-electron chi connectivity index (χ0n) is 17.9. The lowest BCUT2D eigenvalue weighted by Crippen LogP contribution is -2.30. The molecule has 0 saturated carbocycles. The summed E-state index contributed by atoms with van der Waals surface area (Å²) in [6.45, 7) is 4.51. The van der Waals surface area contributed by atoms with E-state index in [9.17, 15) is 8.42 Å². The fraction of sp³-hybridized carbons (Fsp3) is 0.333. The number of pyridine rings is 1. The molecule has 0 fully saturated rings. The number of methoxy groups -OCH3 is 2. The van der Waals surface area contributed by atoms with Gasteiger partial charge in [0.25, 0.3) is 0 Å². The minimum Gasteiger partial charge on any atom is -0.497 e. The monoisotopic (exact) mass is 479 g/mol. The molecular formula is C21H25N3O4S3. The second kappa shape index (κ2) is 10.4. The first-order valence-electron chi connectivity index (χ1n) is 9.68. The molecule has 10 heteroatoms. The van der Waals surface area contributed by atoms with Crippen LogP contribution in [0.2, 0.25) is 0 Å². The fourth-order valence-electron chi connectivity index (χ4n) is 2.94. The van der Waals surface area contributed by atoms with Crippen molar-refractivity contribution in [2.24, 2.45) is 0 Å². The van der Waals surface area contributed by atoms with E-state index in [2.05, 4.69) is 4.98 Å². The fourth-order valence-corrected chi connectivity index (χ4v) is 6.03. The third-order valence-electron chi connectivity index (χ3n) is 4.61. The van der Waals surface area contributed by atoms with Crippen LogP contribution >= 0.6 is 23.1 Å². The molecule has 0 N–H and O–H groups in total. The molecule has 0 radical (unpaired) electrons. The Labute approximate surface area is 191 Å². The number of hydrogen-bond donors (Lipinski definition) is 0. The van der Waals surface area contributed by atoms with Gasteiger partial charge in [-0.05, 0) is 24.3 Å². The van der Waals surface area contributed by atoms with Crippen LogP contribution in [0.15, 0.2) is 51.8 Å². The number of thioether (sulfide) groups is 1. The minimum absolute atomic E-state index is 0.211. The summed E-state index contributed by atoms with van der Waals surface area (Å²) in [4.78, 5) is 9.24. The van der Waals surface area contributed by atoms with Gasteiger partial charge in [0.15, 0.2) is 0 Å². The standard InChI is InChI=1S/C21H25N3O4S3/c1-5-24(6-2)31(25,26)17-8-10-20(22-12-17)29-13-15-14-30-21(23-15)18-9-7-16(27-3)11-19(18)28-4/h7-12,14H,5-6,13H2,1-4H3. The zero-order chi connectivity index (χ0) is 22.4. The first-order valence-corrected chi connectivity index (χ1v) is 13.0. The van der Waals surface area contributed by atoms with E-state index in [0.29, 0.717) is 24.6 Å². The number of thiazole rings is 1. The molecule has 0 saturated heterocycles. The second-order valence-electron chi connectivity index (χ2n) is 6.42. The maximum absolute atomic E-state index is 12.6. The molecule has 3 rings (SSSR count). The van der Waals surface area contributed by atoms with Crippen molar-refractivity contribution >= 4 is 33.1 Å². The number of ether oxygens (including phenoxy) is 2. The molecule has 31 heavy (non-hydrogen) atoms. The topological polar surface area (TPSA) is 81.6 Å². The summed E-state index contributed by atoms with van der Waals surface area (Å²) in [5.74, 6) is 2.06. The predicted octanol–water partition coefficient (Wildman–Crippen LogP) is 4.55. The van der Waals surface area contributed by atoms with Crippen LogP contribution < -0.4 is 9.47 Å². The highest BCUT2D eigenvalue weighted by Gasteiger charge is 2.21. The van der Waals surface area contributed by atoms with E-state index in [4.69, 9.17) is 14.5 Å². The van der Waals surface area contributed by atoms with E-state index in [1.165, 1.54) is 22.3 Å². The minimum atomic E-state index is -3.49. The van der Waals surface area contributed by atoms with Gasteiger partial charge in [-0.15, -0.1) is 23.1 Å². The van der Waals surface area contributed by atoms with E-state index in [0.717, 1.165) is 27.0 Å². The molecule has 3 aromatic rings. The van der Waals surface area contributed by atoms with Gasteiger partial charge in [-0.25, -0.2) is 18.4 Å². The van der Waals surface area contributed by atoms with Gasteiger partial charge < -0.3 is 9.47 Å². The molecule has 2 aromatic heterocycles. The van der Waals surface area contributed by atoms with Crippen molar-refractivity contribution < 1.29 is 17.9 Å². The first kappa shape index (κ1) is 23.5. The third kappa shape index (κ3) is 5.38. The molecule has 0 aliphatic carbocycles. The average Bonchev–Trinajstić information content (AvgIpc) is 3.27. The SMILES string of the molecule is CCN(CC)S(=O)(=O)c1ccc(SCc2csc(-c3ccc(OC)cc3OC)n2)nc1. The number of nitrogens with zero attached hydrogens (tertiary/aromatic N) is 3. The van der Waals surface area contributed by atoms with Gasteiger partial charge in [-0.2, -0.15) is 4.31 Å². The summed E-state index contributed by atoms with van der Waals surface area (Å²) < 4.78 is 37.3. The number of aromatic nitrogens is 2. The molecule has 0 bridgehead atoms. The van der Waals surface area contributed by atoms with Gasteiger partial charge in [-0.3, -0.25) is 0 Å². The van der Waals surface area contributed by atoms with Crippen LogP contribution in [0.4, 0.5) is 0 Å². The van der Waals surface area contributed by atoms with Gasteiger partial charge in [0.1, 0.15) is 21.4 Å². The van der Waals surface area contributed by atoms with Crippen molar-refractivity contribution in [2.45, 2.75) is 29.5 Å². The third-order valence-corrected chi connectivity index (χ3v) is 8.55. The van der Waals surface area contributed by atoms with Gasteiger partial charge in [0.2, 0.25) is 10.0 Å². The summed E-state index contributed by atoms with van der Waals surface area (Å²) in [6.07, 6.45) is 1.42. The Balaban J connectivity index is 1.69. The van der Waals surface area contributed by atoms with Crippen molar-refractivity contribution in [3.05, 3.63) is 47.6 Å². The zero-order valence-corrected chi connectivity index (χ0v) is 20.3. The summed E-state index contributed by atoms with van der Waals surface area (Å²) in [7, 11) is -0.253. The number of rotatable bonds is 10. The van der Waals surface area contributed by atoms with Gasteiger partial charge >= 0.3 is 0 Å². The summed E-state index contributed by atoms with van der Waals surface area (Å²) in [5, 5.41) is 3.62. The van der Waals surface area contributed by atoms with E-state index in [1.807, 2.05) is 37.4 Å². The number of benzene rings is 1. The van der Waals surface area contributed by atoms with Crippen molar-refractivity contribution in [1.29, 1.82) is 0 Å². The Morgan fingerprint density at radius 3 is 2.48 bits per heavy atom. The maximum atomic E-state index is 12.6. The lowest BCUT2D eigenvalue weighted by Gasteiger charge is -2.18. The average molecular weight is 480 g/mol. The quantitative estimate of drug-likeness (QED) is 0.395. The van der Waals surface area contributed by atoms with Gasteiger partial charge in [0.05, 0.1) is 30.5 Å². The maximum Gasteiger partial charge on any atom is 0.244 e. The van der Waals surface area contributed by atoms with Crippen molar-refractivity contribution in [3.63, 3.8) is 0 Å². The van der Waals surface area contributed by atoms with Gasteiger partial charge in [0, 0.05) is 36.5 Å². The van der Waals surface area contributed by atoms with Crippen LogP contribution in [-0.2, 0) is 15.8 Å². The molecule has 7 nitrogen and oxygen atoms in total. The smallest absolute Gasteiger partial charge is 0.244 e. The number of hydrogen-bond acceptors (Lipinski definition) is 8. The summed E-state index contributed by atoms with van der Waals surface area (Å²) in [6, 6.07) is 9.00. The normalized spacial score (nSPS) is 11.6. The molecular weight excluding hydrogens is 454 g/mol. The number of sulfonamides is 1. The first-order chi connectivity index (χ1) is 14.9. The van der Waals surface area contributed by atoms with E-state index in [-0.39, 0.29) is 4.90 Å². The molecule has 1 aromatic carbocycles. The summed E-state index contributed by atoms with van der Waals surface area (Å²) in [5.41, 5.74) is 1.83. The molecule has 0 atom stereocenters. The molecule has 0 aliphatic heterocycles. The molecule has 0 amide bonds. The lowest BCUT2D eigenvalue weighted by molar-refractivity contribution is 0.395. The highest BCUT2D eigenvalue weighted by atomic mass is 32.2. The van der Waals surface area contributed by atoms with E-state index in [1.54, 1.807) is 37.7 Å². The molecule has 166 valence electrons. The Hall–Kier alpha value is -2.14. The molecule has 0 aliphatic rings. The second-order valence-corrected chi connectivity index (χ2v) is 10.2. The highest BCUT2D eigenvalue weighted by Crippen LogP contribution is 2.35. The predicted molar refractivity (Wildman–Crippen MR) is 125 cm³/mol. The largest absolute Gasteiger partial charge is 0.497 e. The van der Waals surface area contributed by atoms with Crippen LogP contribution in [0, 0.1) is 0 Å². The Morgan fingerprint density at radius 2 is 1.87 bits per heavy atom. The van der Waals surface area contributed by atoms with Gasteiger partial charge in [-0.1, -0.05) is 13.8 Å². The van der Waals surface area contributed by atoms with Crippen molar-refractivity contribution in [3.8, 4) is 22.1 Å². The Bertz CT molecular complexity index is 1110. The lowest BCUT2D eigenvalue weighted by atomic mass is 10.2. The van der Waals surface area contributed by atoms with Crippen LogP contribution in [0.1, 0.15) is 19.5 Å². The Kier molecular flexibility index (Phi) is 7.93. The molecule has 0 spiro atoms. The van der Waals surface area contributed by atoms with Crippen LogP contribution in [0.25, 0.3) is 10.6 Å². The van der Waals surface area contributed by atoms with Crippen molar-refractivity contribution in [1.82, 2.24) is 14.3 Å². The molecule has 0 unspecified atom stereocenters. The van der Waals surface area contributed by atoms with Crippen LogP contribution in [0.3, 0.4) is 0 Å². The van der Waals surface area contributed by atoms with Crippen molar-refractivity contribution in [2.75, 3.05) is 27.3 Å². The molecule has 2 heterocycles. The van der Waals surface area contributed by atoms with E-state index < -0.39 is 10.0 Å². The van der Waals surface area contributed by atoms with E-state index >= 15 is 0 Å². The van der Waals surface area contributed by atoms with Crippen LogP contribution in [-0.4, -0.2) is 50.0 Å². The Morgan fingerprint density at radius 1 is 1.10 bits per heavy atom. The highest BCUT2D eigenvalue weighted by molar-refractivity contribution is 7.98.